The van der Waals surface area contributed by atoms with Crippen molar-refractivity contribution in [3.05, 3.63) is 23.8 Å². The summed E-state index contributed by atoms with van der Waals surface area (Å²) in [5.74, 6) is -2.72. The second-order valence-electron chi connectivity index (χ2n) is 4.40. The first kappa shape index (κ1) is 15.5. The Balaban J connectivity index is 3.02. The van der Waals surface area contributed by atoms with E-state index in [-0.39, 0.29) is 11.3 Å². The number of nitrogens with zero attached hydrogens (tertiary/aromatic N) is 1. The standard InChI is InChI=1S/C14H16N2O4/c1-8(9(2)14(18)19)13(17)16-12-10(7-15)5-4-6-11(12)20-3/h4-6,8-9H,1-3H3,(H,16,17)(H,18,19). The maximum absolute atomic E-state index is 12.1. The van der Waals surface area contributed by atoms with Gasteiger partial charge < -0.3 is 15.2 Å². The highest BCUT2D eigenvalue weighted by atomic mass is 16.5. The number of amides is 1. The van der Waals surface area contributed by atoms with Gasteiger partial charge in [-0.1, -0.05) is 19.9 Å². The number of carboxylic acid groups (broad SMARTS) is 1. The molecular formula is C14H16N2O4. The topological polar surface area (TPSA) is 99.4 Å². The molecule has 6 nitrogen and oxygen atoms in total. The van der Waals surface area contributed by atoms with E-state index in [2.05, 4.69) is 5.32 Å². The Morgan fingerprint density at radius 1 is 1.35 bits per heavy atom. The van der Waals surface area contributed by atoms with Crippen LogP contribution in [-0.4, -0.2) is 24.1 Å². The van der Waals surface area contributed by atoms with Crippen LogP contribution in [0.1, 0.15) is 19.4 Å². The highest BCUT2D eigenvalue weighted by Crippen LogP contribution is 2.28. The SMILES string of the molecule is COc1cccc(C#N)c1NC(=O)C(C)C(C)C(=O)O. The van der Waals surface area contributed by atoms with E-state index in [1.54, 1.807) is 18.2 Å². The smallest absolute Gasteiger partial charge is 0.307 e. The van der Waals surface area contributed by atoms with Crippen molar-refractivity contribution in [1.82, 2.24) is 0 Å². The van der Waals surface area contributed by atoms with Crippen LogP contribution in [-0.2, 0) is 9.59 Å². The number of nitrogens with one attached hydrogen (secondary N) is 1. The van der Waals surface area contributed by atoms with Crippen molar-refractivity contribution in [2.24, 2.45) is 11.8 Å². The number of aliphatic carboxylic acids is 1. The summed E-state index contributed by atoms with van der Waals surface area (Å²) in [6.07, 6.45) is 0. The fourth-order valence-corrected chi connectivity index (χ4v) is 1.60. The molecule has 1 aromatic carbocycles. The van der Waals surface area contributed by atoms with Crippen LogP contribution >= 0.6 is 0 Å². The fourth-order valence-electron chi connectivity index (χ4n) is 1.60. The molecule has 0 aliphatic rings. The molecular weight excluding hydrogens is 260 g/mol. The lowest BCUT2D eigenvalue weighted by Gasteiger charge is -2.17. The molecule has 0 bridgehead atoms. The maximum Gasteiger partial charge on any atom is 0.307 e. The molecule has 0 heterocycles. The number of benzene rings is 1. The molecule has 1 amide bonds. The zero-order valence-electron chi connectivity index (χ0n) is 11.5. The zero-order valence-corrected chi connectivity index (χ0v) is 11.5. The van der Waals surface area contributed by atoms with Gasteiger partial charge in [-0.15, -0.1) is 0 Å². The first-order chi connectivity index (χ1) is 9.42. The van der Waals surface area contributed by atoms with Gasteiger partial charge in [0.25, 0.3) is 0 Å². The Morgan fingerprint density at radius 2 is 2.00 bits per heavy atom. The lowest BCUT2D eigenvalue weighted by atomic mass is 9.95. The molecule has 0 fully saturated rings. The number of carbonyl (C=O) groups excluding carboxylic acids is 1. The Kier molecular flexibility index (Phi) is 5.09. The number of carbonyl (C=O) groups is 2. The first-order valence-electron chi connectivity index (χ1n) is 6.03. The van der Waals surface area contributed by atoms with Crippen LogP contribution < -0.4 is 10.1 Å². The van der Waals surface area contributed by atoms with Crippen molar-refractivity contribution >= 4 is 17.6 Å². The number of ether oxygens (including phenoxy) is 1. The molecule has 0 aliphatic carbocycles. The van der Waals surface area contributed by atoms with Gasteiger partial charge in [-0.25, -0.2) is 0 Å². The Morgan fingerprint density at radius 3 is 2.50 bits per heavy atom. The zero-order chi connectivity index (χ0) is 15.3. The summed E-state index contributed by atoms with van der Waals surface area (Å²) < 4.78 is 5.09. The molecule has 2 unspecified atom stereocenters. The summed E-state index contributed by atoms with van der Waals surface area (Å²) in [4.78, 5) is 22.9. The molecule has 0 radical (unpaired) electrons. The number of rotatable bonds is 5. The summed E-state index contributed by atoms with van der Waals surface area (Å²) in [6, 6.07) is 6.75. The summed E-state index contributed by atoms with van der Waals surface area (Å²) in [5, 5.41) is 20.5. The van der Waals surface area contributed by atoms with Gasteiger partial charge in [0.1, 0.15) is 17.5 Å². The highest BCUT2D eigenvalue weighted by Gasteiger charge is 2.26. The van der Waals surface area contributed by atoms with Crippen LogP contribution in [0.25, 0.3) is 0 Å². The predicted molar refractivity (Wildman–Crippen MR) is 72.3 cm³/mol. The van der Waals surface area contributed by atoms with Gasteiger partial charge in [0.15, 0.2) is 0 Å². The molecule has 0 aromatic heterocycles. The van der Waals surface area contributed by atoms with Crippen LogP contribution in [0, 0.1) is 23.2 Å². The highest BCUT2D eigenvalue weighted by molar-refractivity contribution is 5.97. The van der Waals surface area contributed by atoms with Gasteiger partial charge in [-0.05, 0) is 12.1 Å². The fraction of sp³-hybridized carbons (Fsp3) is 0.357. The van der Waals surface area contributed by atoms with Crippen molar-refractivity contribution in [2.45, 2.75) is 13.8 Å². The maximum atomic E-state index is 12.1. The quantitative estimate of drug-likeness (QED) is 0.855. The van der Waals surface area contributed by atoms with Crippen LogP contribution in [0.3, 0.4) is 0 Å². The van der Waals surface area contributed by atoms with E-state index >= 15 is 0 Å². The van der Waals surface area contributed by atoms with Crippen molar-refractivity contribution in [1.29, 1.82) is 5.26 Å². The summed E-state index contributed by atoms with van der Waals surface area (Å²) in [7, 11) is 1.43. The van der Waals surface area contributed by atoms with E-state index < -0.39 is 23.7 Å². The molecule has 106 valence electrons. The lowest BCUT2D eigenvalue weighted by molar-refractivity contribution is -0.145. The van der Waals surface area contributed by atoms with Crippen LogP contribution in [0.15, 0.2) is 18.2 Å². The second-order valence-corrected chi connectivity index (χ2v) is 4.40. The summed E-state index contributed by atoms with van der Waals surface area (Å²) >= 11 is 0. The van der Waals surface area contributed by atoms with Crippen molar-refractivity contribution < 1.29 is 19.4 Å². The molecule has 1 rings (SSSR count). The minimum absolute atomic E-state index is 0.256. The van der Waals surface area contributed by atoms with Crippen LogP contribution in [0.2, 0.25) is 0 Å². The van der Waals surface area contributed by atoms with E-state index in [0.717, 1.165) is 0 Å². The van der Waals surface area contributed by atoms with E-state index in [4.69, 9.17) is 15.1 Å². The molecule has 0 spiro atoms. The molecule has 0 aliphatic heterocycles. The van der Waals surface area contributed by atoms with E-state index in [1.807, 2.05) is 6.07 Å². The van der Waals surface area contributed by atoms with Gasteiger partial charge in [-0.3, -0.25) is 9.59 Å². The van der Waals surface area contributed by atoms with Crippen LogP contribution in [0.4, 0.5) is 5.69 Å². The number of methoxy groups -OCH3 is 1. The number of hydrogen-bond donors (Lipinski definition) is 2. The third-order valence-corrected chi connectivity index (χ3v) is 3.17. The third kappa shape index (κ3) is 3.26. The molecule has 2 N–H and O–H groups in total. The lowest BCUT2D eigenvalue weighted by Crippen LogP contribution is -2.30. The Labute approximate surface area is 117 Å². The summed E-state index contributed by atoms with van der Waals surface area (Å²) in [5.41, 5.74) is 0.514. The molecule has 0 saturated heterocycles. The average molecular weight is 276 g/mol. The van der Waals surface area contributed by atoms with Gasteiger partial charge in [0, 0.05) is 5.92 Å². The first-order valence-corrected chi connectivity index (χ1v) is 6.03. The molecule has 6 heteroatoms. The third-order valence-electron chi connectivity index (χ3n) is 3.17. The van der Waals surface area contributed by atoms with Gasteiger partial charge >= 0.3 is 5.97 Å². The molecule has 2 atom stereocenters. The van der Waals surface area contributed by atoms with Gasteiger partial charge in [-0.2, -0.15) is 5.26 Å². The van der Waals surface area contributed by atoms with Crippen LogP contribution in [0.5, 0.6) is 5.75 Å². The van der Waals surface area contributed by atoms with E-state index in [0.29, 0.717) is 5.75 Å². The number of anilines is 1. The van der Waals surface area contributed by atoms with E-state index in [1.165, 1.54) is 21.0 Å². The summed E-state index contributed by atoms with van der Waals surface area (Å²) in [6.45, 7) is 2.98. The molecule has 0 saturated carbocycles. The number of nitriles is 1. The normalized spacial score (nSPS) is 12.9. The molecule has 1 aromatic rings. The van der Waals surface area contributed by atoms with Gasteiger partial charge in [0.2, 0.25) is 5.91 Å². The predicted octanol–water partition coefficient (Wildman–Crippen LogP) is 1.86. The van der Waals surface area contributed by atoms with Crippen molar-refractivity contribution in [2.75, 3.05) is 12.4 Å². The van der Waals surface area contributed by atoms with E-state index in [9.17, 15) is 9.59 Å². The largest absolute Gasteiger partial charge is 0.495 e. The number of carboxylic acids is 1. The van der Waals surface area contributed by atoms with Crippen molar-refractivity contribution in [3.63, 3.8) is 0 Å². The molecule has 20 heavy (non-hydrogen) atoms. The average Bonchev–Trinajstić information content (AvgIpc) is 2.45. The minimum Gasteiger partial charge on any atom is -0.495 e. The number of hydrogen-bond acceptors (Lipinski definition) is 4. The Hall–Kier alpha value is -2.55. The van der Waals surface area contributed by atoms with Crippen molar-refractivity contribution in [3.8, 4) is 11.8 Å². The van der Waals surface area contributed by atoms with Gasteiger partial charge in [0.05, 0.1) is 18.6 Å². The monoisotopic (exact) mass is 276 g/mol. The number of para-hydroxylation sites is 1. The second kappa shape index (κ2) is 6.57. The Bertz CT molecular complexity index is 563. The minimum atomic E-state index is -1.05.